The number of fused-ring (bicyclic) bond motifs is 1. The molecule has 0 fully saturated rings. The number of benzene rings is 3. The highest BCUT2D eigenvalue weighted by Gasteiger charge is 2.14. The van der Waals surface area contributed by atoms with Gasteiger partial charge in [-0.15, -0.1) is 0 Å². The number of nitrogens with zero attached hydrogens (tertiary/aromatic N) is 2. The van der Waals surface area contributed by atoms with E-state index in [9.17, 15) is 9.90 Å². The van der Waals surface area contributed by atoms with Gasteiger partial charge in [-0.1, -0.05) is 48.2 Å². The van der Waals surface area contributed by atoms with Crippen molar-refractivity contribution in [3.05, 3.63) is 114 Å². The van der Waals surface area contributed by atoms with Crippen LogP contribution in [0, 0.1) is 0 Å². The minimum Gasteiger partial charge on any atom is -0.396 e. The van der Waals surface area contributed by atoms with Gasteiger partial charge < -0.3 is 10.4 Å². The van der Waals surface area contributed by atoms with E-state index in [4.69, 9.17) is 0 Å². The van der Waals surface area contributed by atoms with Crippen molar-refractivity contribution in [2.24, 2.45) is 0 Å². The van der Waals surface area contributed by atoms with Crippen LogP contribution in [-0.2, 0) is 6.42 Å². The molecule has 5 rings (SSSR count). The Labute approximate surface area is 213 Å². The molecule has 1 amide bonds. The van der Waals surface area contributed by atoms with Gasteiger partial charge in [-0.05, 0) is 72.7 Å². The Hall–Kier alpha value is -4.20. The number of anilines is 1. The molecule has 0 aliphatic heterocycles. The summed E-state index contributed by atoms with van der Waals surface area (Å²) in [5.41, 5.74) is 4.83. The van der Waals surface area contributed by atoms with Crippen LogP contribution >= 0.6 is 11.8 Å². The number of hydrogen-bond acceptors (Lipinski definition) is 5. The molecule has 0 spiro atoms. The highest BCUT2D eigenvalue weighted by atomic mass is 32.2. The molecule has 0 saturated heterocycles. The number of aliphatic hydroxyl groups is 1. The van der Waals surface area contributed by atoms with Gasteiger partial charge in [0, 0.05) is 33.7 Å². The van der Waals surface area contributed by atoms with Crippen molar-refractivity contribution in [1.82, 2.24) is 15.2 Å². The van der Waals surface area contributed by atoms with Gasteiger partial charge >= 0.3 is 0 Å². The maximum atomic E-state index is 13.2. The second kappa shape index (κ2) is 11.0. The van der Waals surface area contributed by atoms with Gasteiger partial charge in [0.05, 0.1) is 22.5 Å². The van der Waals surface area contributed by atoms with Crippen LogP contribution in [0.2, 0.25) is 0 Å². The van der Waals surface area contributed by atoms with Gasteiger partial charge in [0.15, 0.2) is 0 Å². The summed E-state index contributed by atoms with van der Waals surface area (Å²) < 4.78 is 0. The zero-order valence-corrected chi connectivity index (χ0v) is 20.2. The number of aromatic nitrogens is 3. The summed E-state index contributed by atoms with van der Waals surface area (Å²) in [5.74, 6) is -0.187. The molecular weight excluding hydrogens is 468 g/mol. The molecule has 7 heteroatoms. The first-order valence-electron chi connectivity index (χ1n) is 11.6. The molecule has 0 saturated carbocycles. The maximum absolute atomic E-state index is 13.2. The molecule has 0 bridgehead atoms. The van der Waals surface area contributed by atoms with Gasteiger partial charge in [-0.3, -0.25) is 14.9 Å². The first-order valence-corrected chi connectivity index (χ1v) is 12.4. The lowest BCUT2D eigenvalue weighted by Gasteiger charge is -2.13. The number of rotatable bonds is 8. The Bertz CT molecular complexity index is 1530. The van der Waals surface area contributed by atoms with Crippen LogP contribution in [0.15, 0.2) is 101 Å². The molecule has 3 aromatic carbocycles. The lowest BCUT2D eigenvalue weighted by Crippen LogP contribution is -2.14. The predicted molar refractivity (Wildman–Crippen MR) is 145 cm³/mol. The molecule has 0 atom stereocenters. The van der Waals surface area contributed by atoms with E-state index < -0.39 is 0 Å². The molecule has 36 heavy (non-hydrogen) atoms. The van der Waals surface area contributed by atoms with Gasteiger partial charge in [0.1, 0.15) is 0 Å². The van der Waals surface area contributed by atoms with Crippen molar-refractivity contribution >= 4 is 46.4 Å². The Kier molecular flexibility index (Phi) is 7.21. The average Bonchev–Trinajstić information content (AvgIpc) is 3.32. The number of aromatic amines is 1. The fourth-order valence-electron chi connectivity index (χ4n) is 3.89. The molecule has 178 valence electrons. The molecule has 5 aromatic rings. The number of H-pyrrole nitrogens is 1. The zero-order chi connectivity index (χ0) is 24.7. The molecule has 3 N–H and O–H groups in total. The quantitative estimate of drug-likeness (QED) is 0.245. The zero-order valence-electron chi connectivity index (χ0n) is 19.4. The second-order valence-electron chi connectivity index (χ2n) is 8.09. The van der Waals surface area contributed by atoms with Crippen LogP contribution in [0.25, 0.3) is 23.1 Å². The topological polar surface area (TPSA) is 90.9 Å². The molecule has 0 radical (unpaired) electrons. The Morgan fingerprint density at radius 1 is 0.972 bits per heavy atom. The predicted octanol–water partition coefficient (Wildman–Crippen LogP) is 6.07. The Morgan fingerprint density at radius 2 is 1.81 bits per heavy atom. The van der Waals surface area contributed by atoms with E-state index in [1.807, 2.05) is 97.1 Å². The summed E-state index contributed by atoms with van der Waals surface area (Å²) in [4.78, 5) is 19.3. The molecule has 6 nitrogen and oxygen atoms in total. The van der Waals surface area contributed by atoms with Crippen molar-refractivity contribution in [3.63, 3.8) is 0 Å². The van der Waals surface area contributed by atoms with Gasteiger partial charge in [0.25, 0.3) is 5.91 Å². The number of pyridine rings is 1. The fraction of sp³-hybridized carbons (Fsp3) is 0.0690. The standard InChI is InChI=1S/C29H24N4O2S/c34-18-16-20-7-1-3-10-25(20)31-29(35)24-9-2-4-11-28(24)36-22-13-14-23-26(32-33-27(23)19-22)15-12-21-8-5-6-17-30-21/h1-15,17,19,34H,16,18H2,(H,31,35)(H,32,33)/b15-12+. The summed E-state index contributed by atoms with van der Waals surface area (Å²) in [5, 5.41) is 20.9. The van der Waals surface area contributed by atoms with E-state index in [1.165, 1.54) is 11.8 Å². The summed E-state index contributed by atoms with van der Waals surface area (Å²) in [6, 6.07) is 27.0. The maximum Gasteiger partial charge on any atom is 0.256 e. The van der Waals surface area contributed by atoms with E-state index in [0.717, 1.165) is 37.6 Å². The SMILES string of the molecule is O=C(Nc1ccccc1CCO)c1ccccc1Sc1ccc2c(/C=C/c3ccccn3)n[nH]c2c1. The third-order valence-corrected chi connectivity index (χ3v) is 6.74. The number of para-hydroxylation sites is 1. The van der Waals surface area contributed by atoms with Crippen LogP contribution in [0.4, 0.5) is 5.69 Å². The number of carbonyl (C=O) groups excluding carboxylic acids is 1. The molecular formula is C29H24N4O2S. The van der Waals surface area contributed by atoms with Gasteiger partial charge in [-0.2, -0.15) is 5.10 Å². The smallest absolute Gasteiger partial charge is 0.256 e. The van der Waals surface area contributed by atoms with E-state index in [1.54, 1.807) is 6.20 Å². The first kappa shape index (κ1) is 23.5. The molecule has 0 unspecified atom stereocenters. The lowest BCUT2D eigenvalue weighted by molar-refractivity contribution is 0.102. The second-order valence-corrected chi connectivity index (χ2v) is 9.20. The summed E-state index contributed by atoms with van der Waals surface area (Å²) >= 11 is 1.53. The minimum atomic E-state index is -0.187. The average molecular weight is 493 g/mol. The van der Waals surface area contributed by atoms with Crippen LogP contribution in [0.1, 0.15) is 27.3 Å². The first-order chi connectivity index (χ1) is 17.7. The molecule has 0 aliphatic rings. The third kappa shape index (κ3) is 5.38. The van der Waals surface area contributed by atoms with Crippen molar-refractivity contribution in [2.75, 3.05) is 11.9 Å². The fourth-order valence-corrected chi connectivity index (χ4v) is 4.87. The summed E-state index contributed by atoms with van der Waals surface area (Å²) in [6.45, 7) is 0.0239. The lowest BCUT2D eigenvalue weighted by atomic mass is 10.1. The number of nitrogens with one attached hydrogen (secondary N) is 2. The molecule has 2 aromatic heterocycles. The van der Waals surface area contributed by atoms with Crippen LogP contribution in [0.5, 0.6) is 0 Å². The van der Waals surface area contributed by atoms with Crippen molar-refractivity contribution < 1.29 is 9.90 Å². The van der Waals surface area contributed by atoms with Crippen molar-refractivity contribution in [1.29, 1.82) is 0 Å². The Balaban J connectivity index is 1.36. The summed E-state index contributed by atoms with van der Waals surface area (Å²) in [7, 11) is 0. The number of hydrogen-bond donors (Lipinski definition) is 3. The molecule has 0 aliphatic carbocycles. The van der Waals surface area contributed by atoms with Crippen molar-refractivity contribution in [3.8, 4) is 0 Å². The number of amides is 1. The normalized spacial score (nSPS) is 11.2. The van der Waals surface area contributed by atoms with E-state index in [-0.39, 0.29) is 12.5 Å². The van der Waals surface area contributed by atoms with Gasteiger partial charge in [0.2, 0.25) is 0 Å². The van der Waals surface area contributed by atoms with Gasteiger partial charge in [-0.25, -0.2) is 0 Å². The third-order valence-electron chi connectivity index (χ3n) is 5.67. The van der Waals surface area contributed by atoms with Crippen LogP contribution in [0.3, 0.4) is 0 Å². The van der Waals surface area contributed by atoms with Crippen molar-refractivity contribution in [2.45, 2.75) is 16.2 Å². The number of aliphatic hydroxyl groups excluding tert-OH is 1. The number of carbonyl (C=O) groups is 1. The highest BCUT2D eigenvalue weighted by Crippen LogP contribution is 2.33. The molecule has 2 heterocycles. The Morgan fingerprint density at radius 3 is 2.67 bits per heavy atom. The van der Waals surface area contributed by atoms with E-state index in [0.29, 0.717) is 17.7 Å². The minimum absolute atomic E-state index is 0.0239. The van der Waals surface area contributed by atoms with Crippen LogP contribution in [-0.4, -0.2) is 32.8 Å². The monoisotopic (exact) mass is 492 g/mol. The summed E-state index contributed by atoms with van der Waals surface area (Å²) in [6.07, 6.45) is 6.13. The van der Waals surface area contributed by atoms with E-state index in [2.05, 4.69) is 20.5 Å². The van der Waals surface area contributed by atoms with Crippen LogP contribution < -0.4 is 5.32 Å². The van der Waals surface area contributed by atoms with E-state index >= 15 is 0 Å². The highest BCUT2D eigenvalue weighted by molar-refractivity contribution is 7.99. The largest absolute Gasteiger partial charge is 0.396 e.